The minimum absolute atomic E-state index is 0.965. The van der Waals surface area contributed by atoms with Gasteiger partial charge in [0, 0.05) is 11.4 Å². The molecule has 0 aliphatic heterocycles. The molecule has 1 rings (SSSR count). The lowest BCUT2D eigenvalue weighted by molar-refractivity contribution is 0.803. The molecular weight excluding hydrogens is 178 g/mol. The first kappa shape index (κ1) is 10.6. The van der Waals surface area contributed by atoms with E-state index in [1.54, 1.807) is 0 Å². The van der Waals surface area contributed by atoms with Crippen LogP contribution in [0.4, 0.5) is 0 Å². The molecule has 0 saturated carbocycles. The van der Waals surface area contributed by atoms with Crippen molar-refractivity contribution in [3.63, 3.8) is 0 Å². The smallest absolute Gasteiger partial charge is 0.0213 e. The number of hydrogen-bond donors (Lipinski definition) is 1. The molecule has 72 valence electrons. The first-order valence-corrected chi connectivity index (χ1v) is 5.72. The molecule has 1 aromatic rings. The van der Waals surface area contributed by atoms with Crippen molar-refractivity contribution >= 4 is 11.8 Å². The molecule has 0 aliphatic carbocycles. The van der Waals surface area contributed by atoms with Gasteiger partial charge in [-0.2, -0.15) is 0 Å². The molecule has 1 N–H and O–H groups in total. The fourth-order valence-electron chi connectivity index (χ4n) is 1.19. The fourth-order valence-corrected chi connectivity index (χ4v) is 2.12. The van der Waals surface area contributed by atoms with Crippen LogP contribution < -0.4 is 5.32 Å². The van der Waals surface area contributed by atoms with Gasteiger partial charge in [0.1, 0.15) is 0 Å². The van der Waals surface area contributed by atoms with Gasteiger partial charge in [0.2, 0.25) is 0 Å². The molecule has 1 nitrogen and oxygen atoms in total. The van der Waals surface area contributed by atoms with E-state index >= 15 is 0 Å². The van der Waals surface area contributed by atoms with Crippen molar-refractivity contribution in [3.05, 3.63) is 29.8 Å². The average Bonchev–Trinajstić information content (AvgIpc) is 2.17. The van der Waals surface area contributed by atoms with Crippen LogP contribution in [-0.4, -0.2) is 12.8 Å². The Morgan fingerprint density at radius 3 is 2.77 bits per heavy atom. The first-order valence-electron chi connectivity index (χ1n) is 4.73. The molecule has 0 saturated heterocycles. The summed E-state index contributed by atoms with van der Waals surface area (Å²) < 4.78 is 0. The van der Waals surface area contributed by atoms with Gasteiger partial charge in [0.25, 0.3) is 0 Å². The van der Waals surface area contributed by atoms with Gasteiger partial charge in [0.05, 0.1) is 0 Å². The maximum Gasteiger partial charge on any atom is 0.0213 e. The summed E-state index contributed by atoms with van der Waals surface area (Å²) in [6.07, 6.45) is 1.23. The molecule has 0 fully saturated rings. The van der Waals surface area contributed by atoms with Crippen molar-refractivity contribution in [2.45, 2.75) is 24.8 Å². The molecule has 0 spiro atoms. The number of nitrogens with one attached hydrogen (secondary N) is 1. The maximum atomic E-state index is 3.19. The lowest BCUT2D eigenvalue weighted by Gasteiger charge is -2.07. The van der Waals surface area contributed by atoms with E-state index in [1.165, 1.54) is 22.6 Å². The van der Waals surface area contributed by atoms with E-state index in [9.17, 15) is 0 Å². The summed E-state index contributed by atoms with van der Waals surface area (Å²) in [6, 6.07) is 8.60. The highest BCUT2D eigenvalue weighted by Gasteiger charge is 1.99. The van der Waals surface area contributed by atoms with Gasteiger partial charge in [-0.15, -0.1) is 11.8 Å². The van der Waals surface area contributed by atoms with Crippen LogP contribution in [0.1, 0.15) is 18.9 Å². The molecular formula is C11H17NS. The molecule has 13 heavy (non-hydrogen) atoms. The van der Waals surface area contributed by atoms with Crippen molar-refractivity contribution in [1.82, 2.24) is 5.32 Å². The van der Waals surface area contributed by atoms with E-state index in [-0.39, 0.29) is 0 Å². The predicted octanol–water partition coefficient (Wildman–Crippen LogP) is 2.91. The first-order chi connectivity index (χ1) is 6.38. The fraction of sp³-hybridized carbons (Fsp3) is 0.455. The topological polar surface area (TPSA) is 12.0 Å². The summed E-state index contributed by atoms with van der Waals surface area (Å²) in [5, 5.41) is 3.19. The van der Waals surface area contributed by atoms with Crippen LogP contribution >= 0.6 is 11.8 Å². The van der Waals surface area contributed by atoms with Gasteiger partial charge < -0.3 is 5.32 Å². The zero-order valence-corrected chi connectivity index (χ0v) is 9.16. The highest BCUT2D eigenvalue weighted by molar-refractivity contribution is 7.99. The van der Waals surface area contributed by atoms with Crippen molar-refractivity contribution in [3.8, 4) is 0 Å². The lowest BCUT2D eigenvalue weighted by Crippen LogP contribution is -2.05. The highest BCUT2D eigenvalue weighted by Crippen LogP contribution is 2.22. The Morgan fingerprint density at radius 1 is 1.31 bits per heavy atom. The number of thioether (sulfide) groups is 1. The molecule has 0 aliphatic rings. The summed E-state index contributed by atoms with van der Waals surface area (Å²) in [5.74, 6) is 1.21. The van der Waals surface area contributed by atoms with E-state index in [0.29, 0.717) is 0 Å². The van der Waals surface area contributed by atoms with Crippen LogP contribution in [-0.2, 0) is 6.54 Å². The molecule has 2 heteroatoms. The van der Waals surface area contributed by atoms with E-state index in [0.717, 1.165) is 6.54 Å². The van der Waals surface area contributed by atoms with E-state index < -0.39 is 0 Å². The van der Waals surface area contributed by atoms with Crippen molar-refractivity contribution < 1.29 is 0 Å². The van der Waals surface area contributed by atoms with Crippen molar-refractivity contribution in [2.24, 2.45) is 0 Å². The van der Waals surface area contributed by atoms with Gasteiger partial charge in [-0.3, -0.25) is 0 Å². The Bertz CT molecular complexity index is 248. The molecule has 0 bridgehead atoms. The number of benzene rings is 1. The Morgan fingerprint density at radius 2 is 2.08 bits per heavy atom. The van der Waals surface area contributed by atoms with E-state index in [2.05, 4.69) is 36.5 Å². The second kappa shape index (κ2) is 6.06. The minimum Gasteiger partial charge on any atom is -0.316 e. The second-order valence-electron chi connectivity index (χ2n) is 2.99. The van der Waals surface area contributed by atoms with Crippen molar-refractivity contribution in [1.29, 1.82) is 0 Å². The zero-order chi connectivity index (χ0) is 9.52. The molecule has 0 aromatic heterocycles. The summed E-state index contributed by atoms with van der Waals surface area (Å²) in [4.78, 5) is 1.42. The van der Waals surface area contributed by atoms with Gasteiger partial charge in [-0.1, -0.05) is 25.1 Å². The van der Waals surface area contributed by atoms with Gasteiger partial charge in [0.15, 0.2) is 0 Å². The predicted molar refractivity (Wildman–Crippen MR) is 60.2 cm³/mol. The molecule has 0 amide bonds. The molecule has 0 heterocycles. The van der Waals surface area contributed by atoms with Gasteiger partial charge >= 0.3 is 0 Å². The lowest BCUT2D eigenvalue weighted by atomic mass is 10.2. The van der Waals surface area contributed by atoms with Crippen LogP contribution in [0.2, 0.25) is 0 Å². The molecule has 0 atom stereocenters. The van der Waals surface area contributed by atoms with Gasteiger partial charge in [-0.25, -0.2) is 0 Å². The van der Waals surface area contributed by atoms with E-state index in [1.807, 2.05) is 18.8 Å². The monoisotopic (exact) mass is 195 g/mol. The van der Waals surface area contributed by atoms with Crippen LogP contribution in [0.3, 0.4) is 0 Å². The summed E-state index contributed by atoms with van der Waals surface area (Å²) >= 11 is 1.95. The summed E-state index contributed by atoms with van der Waals surface area (Å²) in [5.41, 5.74) is 1.41. The Balaban J connectivity index is 2.66. The molecule has 0 radical (unpaired) electrons. The standard InChI is InChI=1S/C11H17NS/c1-3-8-13-11-7-5-4-6-10(11)9-12-2/h4-7,12H,3,8-9H2,1-2H3. The van der Waals surface area contributed by atoms with Crippen LogP contribution in [0.5, 0.6) is 0 Å². The Kier molecular flexibility index (Phi) is 4.94. The second-order valence-corrected chi connectivity index (χ2v) is 4.12. The zero-order valence-electron chi connectivity index (χ0n) is 8.34. The van der Waals surface area contributed by atoms with Crippen LogP contribution in [0.15, 0.2) is 29.2 Å². The highest BCUT2D eigenvalue weighted by atomic mass is 32.2. The largest absolute Gasteiger partial charge is 0.316 e. The Hall–Kier alpha value is -0.470. The molecule has 0 unspecified atom stereocenters. The quantitative estimate of drug-likeness (QED) is 0.725. The third-order valence-electron chi connectivity index (χ3n) is 1.80. The van der Waals surface area contributed by atoms with Crippen molar-refractivity contribution in [2.75, 3.05) is 12.8 Å². The average molecular weight is 195 g/mol. The third kappa shape index (κ3) is 3.41. The minimum atomic E-state index is 0.965. The van der Waals surface area contributed by atoms with E-state index in [4.69, 9.17) is 0 Å². The Labute approximate surface area is 84.9 Å². The van der Waals surface area contributed by atoms with Crippen LogP contribution in [0.25, 0.3) is 0 Å². The number of rotatable bonds is 5. The SMILES string of the molecule is CCCSc1ccccc1CNC. The maximum absolute atomic E-state index is 3.19. The third-order valence-corrected chi connectivity index (χ3v) is 3.12. The molecule has 1 aromatic carbocycles. The number of hydrogen-bond acceptors (Lipinski definition) is 2. The van der Waals surface area contributed by atoms with Gasteiger partial charge in [-0.05, 0) is 30.9 Å². The normalized spacial score (nSPS) is 10.3. The van der Waals surface area contributed by atoms with Crippen LogP contribution in [0, 0.1) is 0 Å². The summed E-state index contributed by atoms with van der Waals surface area (Å²) in [6.45, 7) is 3.18. The summed E-state index contributed by atoms with van der Waals surface area (Å²) in [7, 11) is 1.99.